The van der Waals surface area contributed by atoms with Crippen molar-refractivity contribution in [2.75, 3.05) is 13.7 Å². The second-order valence-corrected chi connectivity index (χ2v) is 5.01. The van der Waals surface area contributed by atoms with Gasteiger partial charge in [0.1, 0.15) is 0 Å². The van der Waals surface area contributed by atoms with Crippen LogP contribution in [0.3, 0.4) is 0 Å². The van der Waals surface area contributed by atoms with Crippen molar-refractivity contribution < 1.29 is 14.7 Å². The maximum absolute atomic E-state index is 8.78. The maximum atomic E-state index is 8.78. The number of ether oxygens (including phenoxy) is 2. The normalized spacial score (nSPS) is 16.6. The molecule has 1 fully saturated rings. The van der Waals surface area contributed by atoms with E-state index in [4.69, 9.17) is 14.7 Å². The summed E-state index contributed by atoms with van der Waals surface area (Å²) in [5.74, 6) is 2.10. The van der Waals surface area contributed by atoms with E-state index in [9.17, 15) is 0 Å². The van der Waals surface area contributed by atoms with Crippen LogP contribution < -0.4 is 9.47 Å². The summed E-state index contributed by atoms with van der Waals surface area (Å²) >= 11 is 0. The van der Waals surface area contributed by atoms with Crippen molar-refractivity contribution in [3.63, 3.8) is 0 Å². The molecule has 2 rings (SSSR count). The van der Waals surface area contributed by atoms with E-state index >= 15 is 0 Å². The van der Waals surface area contributed by atoms with E-state index in [0.717, 1.165) is 17.9 Å². The molecule has 0 unspecified atom stereocenters. The molecule has 104 valence electrons. The summed E-state index contributed by atoms with van der Waals surface area (Å²) in [5.41, 5.74) is 1.38. The van der Waals surface area contributed by atoms with Crippen molar-refractivity contribution in [1.29, 1.82) is 0 Å². The fraction of sp³-hybridized carbons (Fsp3) is 0.533. The third-order valence-corrected chi connectivity index (χ3v) is 3.68. The van der Waals surface area contributed by atoms with E-state index in [-0.39, 0.29) is 0 Å². The Balaban J connectivity index is 2.07. The lowest BCUT2D eigenvalue weighted by atomic mass is 10.1. The minimum Gasteiger partial charge on any atom is -0.493 e. The van der Waals surface area contributed by atoms with Crippen molar-refractivity contribution >= 4 is 5.71 Å². The first-order chi connectivity index (χ1) is 9.24. The van der Waals surface area contributed by atoms with Gasteiger partial charge in [0.05, 0.1) is 19.4 Å². The van der Waals surface area contributed by atoms with Gasteiger partial charge < -0.3 is 14.7 Å². The van der Waals surface area contributed by atoms with Crippen LogP contribution in [-0.4, -0.2) is 24.6 Å². The number of oxime groups is 1. The molecule has 0 bridgehead atoms. The highest BCUT2D eigenvalue weighted by Gasteiger charge is 2.16. The number of nitrogens with zero attached hydrogens (tertiary/aromatic N) is 1. The largest absolute Gasteiger partial charge is 0.493 e. The lowest BCUT2D eigenvalue weighted by molar-refractivity contribution is 0.240. The summed E-state index contributed by atoms with van der Waals surface area (Å²) in [7, 11) is 1.62. The molecule has 0 radical (unpaired) electrons. The minimum absolute atomic E-state index is 0.556. The van der Waals surface area contributed by atoms with E-state index in [2.05, 4.69) is 5.16 Å². The average molecular weight is 263 g/mol. The Morgan fingerprint density at radius 2 is 2.05 bits per heavy atom. The van der Waals surface area contributed by atoms with Crippen molar-refractivity contribution in [2.45, 2.75) is 32.6 Å². The fourth-order valence-corrected chi connectivity index (χ4v) is 2.45. The van der Waals surface area contributed by atoms with E-state index in [1.54, 1.807) is 14.0 Å². The molecular formula is C15H21NO3. The van der Waals surface area contributed by atoms with Crippen LogP contribution in [-0.2, 0) is 0 Å². The first kappa shape index (κ1) is 13.7. The molecule has 1 aromatic rings. The van der Waals surface area contributed by atoms with Gasteiger partial charge in [-0.1, -0.05) is 18.0 Å². The summed E-state index contributed by atoms with van der Waals surface area (Å²) in [6.45, 7) is 2.50. The summed E-state index contributed by atoms with van der Waals surface area (Å²) in [6, 6.07) is 5.58. The molecule has 19 heavy (non-hydrogen) atoms. The van der Waals surface area contributed by atoms with Crippen molar-refractivity contribution in [1.82, 2.24) is 0 Å². The van der Waals surface area contributed by atoms with Crippen LogP contribution in [0.25, 0.3) is 0 Å². The molecule has 0 aliphatic heterocycles. The van der Waals surface area contributed by atoms with Gasteiger partial charge in [-0.25, -0.2) is 0 Å². The number of hydrogen-bond acceptors (Lipinski definition) is 4. The predicted octanol–water partition coefficient (Wildman–Crippen LogP) is 3.46. The standard InChI is InChI=1S/C15H21NO3/c1-11(16-17)13-7-8-14(15(9-13)18-2)19-10-12-5-3-4-6-12/h7-9,12,17H,3-6,10H2,1-2H3/b16-11+. The van der Waals surface area contributed by atoms with Gasteiger partial charge in [-0.2, -0.15) is 0 Å². The van der Waals surface area contributed by atoms with E-state index in [0.29, 0.717) is 17.4 Å². The molecule has 1 aliphatic rings. The Hall–Kier alpha value is -1.71. The molecule has 1 aliphatic carbocycles. The van der Waals surface area contributed by atoms with Gasteiger partial charge in [0, 0.05) is 5.56 Å². The van der Waals surface area contributed by atoms with Gasteiger partial charge in [-0.3, -0.25) is 0 Å². The van der Waals surface area contributed by atoms with Gasteiger partial charge in [0.2, 0.25) is 0 Å². The number of benzene rings is 1. The molecule has 1 N–H and O–H groups in total. The van der Waals surface area contributed by atoms with Crippen molar-refractivity contribution in [3.05, 3.63) is 23.8 Å². The Morgan fingerprint density at radius 1 is 1.32 bits per heavy atom. The smallest absolute Gasteiger partial charge is 0.161 e. The minimum atomic E-state index is 0.556. The SMILES string of the molecule is COc1cc(/C(C)=N/O)ccc1OCC1CCCC1. The average Bonchev–Trinajstić information content (AvgIpc) is 2.97. The van der Waals surface area contributed by atoms with Crippen LogP contribution in [0.1, 0.15) is 38.2 Å². The van der Waals surface area contributed by atoms with Crippen LogP contribution in [0.5, 0.6) is 11.5 Å². The van der Waals surface area contributed by atoms with E-state index < -0.39 is 0 Å². The van der Waals surface area contributed by atoms with E-state index in [1.165, 1.54) is 25.7 Å². The van der Waals surface area contributed by atoms with Crippen LogP contribution in [0.15, 0.2) is 23.4 Å². The zero-order chi connectivity index (χ0) is 13.7. The van der Waals surface area contributed by atoms with Crippen LogP contribution in [0.4, 0.5) is 0 Å². The number of rotatable bonds is 5. The van der Waals surface area contributed by atoms with Gasteiger partial charge >= 0.3 is 0 Å². The highest BCUT2D eigenvalue weighted by Crippen LogP contribution is 2.31. The molecule has 1 saturated carbocycles. The van der Waals surface area contributed by atoms with Gasteiger partial charge in [0.15, 0.2) is 11.5 Å². The lowest BCUT2D eigenvalue weighted by Crippen LogP contribution is -2.09. The molecule has 0 saturated heterocycles. The van der Waals surface area contributed by atoms with Gasteiger partial charge in [-0.05, 0) is 43.9 Å². The zero-order valence-electron chi connectivity index (χ0n) is 11.6. The molecule has 0 amide bonds. The fourth-order valence-electron chi connectivity index (χ4n) is 2.45. The molecule has 0 heterocycles. The first-order valence-electron chi connectivity index (χ1n) is 6.74. The topological polar surface area (TPSA) is 51.0 Å². The summed E-state index contributed by atoms with van der Waals surface area (Å²) in [6.07, 6.45) is 5.15. The Bertz CT molecular complexity index is 451. The Morgan fingerprint density at radius 3 is 2.68 bits per heavy atom. The zero-order valence-corrected chi connectivity index (χ0v) is 11.6. The third kappa shape index (κ3) is 3.40. The quantitative estimate of drug-likeness (QED) is 0.503. The van der Waals surface area contributed by atoms with E-state index in [1.807, 2.05) is 18.2 Å². The Kier molecular flexibility index (Phi) is 4.66. The third-order valence-electron chi connectivity index (χ3n) is 3.68. The lowest BCUT2D eigenvalue weighted by Gasteiger charge is -2.14. The molecule has 0 spiro atoms. The molecular weight excluding hydrogens is 242 g/mol. The molecule has 4 heteroatoms. The van der Waals surface area contributed by atoms with Crippen LogP contribution >= 0.6 is 0 Å². The van der Waals surface area contributed by atoms with Crippen LogP contribution in [0, 0.1) is 5.92 Å². The number of hydrogen-bond donors (Lipinski definition) is 1. The van der Waals surface area contributed by atoms with Crippen molar-refractivity contribution in [3.8, 4) is 11.5 Å². The summed E-state index contributed by atoms with van der Waals surface area (Å²) in [5, 5.41) is 12.0. The first-order valence-corrected chi connectivity index (χ1v) is 6.74. The highest BCUT2D eigenvalue weighted by atomic mass is 16.5. The van der Waals surface area contributed by atoms with Gasteiger partial charge in [-0.15, -0.1) is 0 Å². The maximum Gasteiger partial charge on any atom is 0.161 e. The van der Waals surface area contributed by atoms with Crippen molar-refractivity contribution in [2.24, 2.45) is 11.1 Å². The summed E-state index contributed by atoms with van der Waals surface area (Å²) in [4.78, 5) is 0. The molecule has 1 aromatic carbocycles. The second-order valence-electron chi connectivity index (χ2n) is 5.01. The second kappa shape index (κ2) is 6.45. The molecule has 4 nitrogen and oxygen atoms in total. The Labute approximate surface area is 114 Å². The van der Waals surface area contributed by atoms with Gasteiger partial charge in [0.25, 0.3) is 0 Å². The number of methoxy groups -OCH3 is 1. The summed E-state index contributed by atoms with van der Waals surface area (Å²) < 4.78 is 11.2. The monoisotopic (exact) mass is 263 g/mol. The predicted molar refractivity (Wildman–Crippen MR) is 74.4 cm³/mol. The van der Waals surface area contributed by atoms with Crippen LogP contribution in [0.2, 0.25) is 0 Å². The molecule has 0 atom stereocenters. The highest BCUT2D eigenvalue weighted by molar-refractivity contribution is 5.98. The molecule has 0 aromatic heterocycles.